The van der Waals surface area contributed by atoms with Crippen LogP contribution in [0, 0.1) is 0 Å². The quantitative estimate of drug-likeness (QED) is 0.887. The highest BCUT2D eigenvalue weighted by molar-refractivity contribution is 9.10. The molecule has 0 amide bonds. The van der Waals surface area contributed by atoms with E-state index in [1.165, 1.54) is 0 Å². The van der Waals surface area contributed by atoms with Crippen molar-refractivity contribution in [1.29, 1.82) is 0 Å². The Bertz CT molecular complexity index is 661. The van der Waals surface area contributed by atoms with Gasteiger partial charge in [0.25, 0.3) is 0 Å². The molecule has 1 aromatic heterocycles. The number of aromatic nitrogens is 1. The van der Waals surface area contributed by atoms with Crippen molar-refractivity contribution in [2.75, 3.05) is 0 Å². The monoisotopic (exact) mass is 339 g/mol. The lowest BCUT2D eigenvalue weighted by atomic mass is 10.1. The van der Waals surface area contributed by atoms with Crippen molar-refractivity contribution in [3.8, 4) is 11.3 Å². The average Bonchev–Trinajstić information content (AvgIpc) is 3.11. The van der Waals surface area contributed by atoms with E-state index in [1.807, 2.05) is 28.8 Å². The molecular weight excluding hydrogens is 330 g/mol. The third-order valence-electron chi connectivity index (χ3n) is 3.26. The number of benzene rings is 1. The lowest BCUT2D eigenvalue weighted by Crippen LogP contribution is -2.08. The van der Waals surface area contributed by atoms with Crippen LogP contribution < -0.4 is 0 Å². The maximum atomic E-state index is 11.3. The van der Waals surface area contributed by atoms with Gasteiger partial charge in [0.05, 0.1) is 5.02 Å². The maximum Gasteiger partial charge on any atom is 0.352 e. The fraction of sp³-hybridized carbons (Fsp3) is 0.214. The molecule has 19 heavy (non-hydrogen) atoms. The summed E-state index contributed by atoms with van der Waals surface area (Å²) in [6.07, 6.45) is 2.08. The first-order valence-electron chi connectivity index (χ1n) is 5.98. The first-order chi connectivity index (χ1) is 9.08. The summed E-state index contributed by atoms with van der Waals surface area (Å²) in [5.74, 6) is -0.883. The van der Waals surface area contributed by atoms with Gasteiger partial charge in [0.2, 0.25) is 0 Å². The van der Waals surface area contributed by atoms with Gasteiger partial charge in [-0.2, -0.15) is 0 Å². The van der Waals surface area contributed by atoms with Gasteiger partial charge in [-0.1, -0.05) is 17.7 Å². The van der Waals surface area contributed by atoms with Gasteiger partial charge in [0, 0.05) is 16.2 Å². The van der Waals surface area contributed by atoms with Crippen LogP contribution in [0.2, 0.25) is 5.02 Å². The predicted octanol–water partition coefficient (Wildman–Crippen LogP) is 4.60. The van der Waals surface area contributed by atoms with E-state index in [1.54, 1.807) is 6.07 Å². The van der Waals surface area contributed by atoms with Crippen LogP contribution in [0.25, 0.3) is 11.3 Å². The molecule has 0 aliphatic heterocycles. The van der Waals surface area contributed by atoms with Crippen molar-refractivity contribution in [1.82, 2.24) is 4.57 Å². The number of aromatic carboxylic acids is 1. The summed E-state index contributed by atoms with van der Waals surface area (Å²) in [5.41, 5.74) is 2.25. The Hall–Kier alpha value is -1.26. The first-order valence-corrected chi connectivity index (χ1v) is 7.15. The second kappa shape index (κ2) is 4.69. The summed E-state index contributed by atoms with van der Waals surface area (Å²) < 4.78 is 2.73. The second-order valence-corrected chi connectivity index (χ2v) is 5.90. The average molecular weight is 341 g/mol. The molecule has 5 heteroatoms. The number of carboxylic acid groups (broad SMARTS) is 1. The van der Waals surface area contributed by atoms with E-state index < -0.39 is 5.97 Å². The molecule has 1 fully saturated rings. The van der Waals surface area contributed by atoms with E-state index in [2.05, 4.69) is 15.9 Å². The van der Waals surface area contributed by atoms with Gasteiger partial charge in [-0.25, -0.2) is 4.79 Å². The maximum absolute atomic E-state index is 11.3. The third-order valence-corrected chi connectivity index (χ3v) is 4.48. The Balaban J connectivity index is 2.14. The first kappa shape index (κ1) is 12.8. The van der Waals surface area contributed by atoms with Crippen LogP contribution >= 0.6 is 27.5 Å². The number of halogens is 2. The van der Waals surface area contributed by atoms with Gasteiger partial charge in [-0.05, 0) is 58.6 Å². The van der Waals surface area contributed by atoms with Crippen LogP contribution in [-0.2, 0) is 0 Å². The van der Waals surface area contributed by atoms with E-state index in [0.717, 1.165) is 28.6 Å². The van der Waals surface area contributed by atoms with Gasteiger partial charge in [-0.3, -0.25) is 0 Å². The summed E-state index contributed by atoms with van der Waals surface area (Å²) in [6, 6.07) is 9.47. The van der Waals surface area contributed by atoms with Crippen molar-refractivity contribution >= 4 is 33.5 Å². The molecular formula is C14H11BrClNO2. The molecule has 0 atom stereocenters. The standard InChI is InChI=1S/C14H11BrClNO2/c15-10-7-8(1-4-11(10)16)12-5-6-13(14(18)19)17(12)9-2-3-9/h1,4-7,9H,2-3H2,(H,18,19). The minimum absolute atomic E-state index is 0.311. The summed E-state index contributed by atoms with van der Waals surface area (Å²) in [4.78, 5) is 11.3. The Morgan fingerprint density at radius 2 is 2.05 bits per heavy atom. The molecule has 1 saturated carbocycles. The predicted molar refractivity (Wildman–Crippen MR) is 77.8 cm³/mol. The molecule has 1 aromatic carbocycles. The molecule has 1 heterocycles. The second-order valence-electron chi connectivity index (χ2n) is 4.64. The zero-order valence-electron chi connectivity index (χ0n) is 9.94. The van der Waals surface area contributed by atoms with E-state index in [-0.39, 0.29) is 0 Å². The number of nitrogens with zero attached hydrogens (tertiary/aromatic N) is 1. The topological polar surface area (TPSA) is 42.2 Å². The number of carbonyl (C=O) groups is 1. The molecule has 1 N–H and O–H groups in total. The molecule has 3 nitrogen and oxygen atoms in total. The lowest BCUT2D eigenvalue weighted by Gasteiger charge is -2.11. The van der Waals surface area contributed by atoms with Crippen molar-refractivity contribution in [3.63, 3.8) is 0 Å². The molecule has 0 radical (unpaired) electrons. The van der Waals surface area contributed by atoms with Crippen LogP contribution in [-0.4, -0.2) is 15.6 Å². The fourth-order valence-electron chi connectivity index (χ4n) is 2.24. The number of hydrogen-bond acceptors (Lipinski definition) is 1. The van der Waals surface area contributed by atoms with Crippen LogP contribution in [0.3, 0.4) is 0 Å². The van der Waals surface area contributed by atoms with Gasteiger partial charge >= 0.3 is 5.97 Å². The van der Waals surface area contributed by atoms with E-state index in [0.29, 0.717) is 16.8 Å². The van der Waals surface area contributed by atoms with Crippen LogP contribution in [0.5, 0.6) is 0 Å². The Morgan fingerprint density at radius 3 is 2.63 bits per heavy atom. The number of rotatable bonds is 3. The van der Waals surface area contributed by atoms with E-state index in [9.17, 15) is 9.90 Å². The Morgan fingerprint density at radius 1 is 1.32 bits per heavy atom. The highest BCUT2D eigenvalue weighted by Crippen LogP contribution is 2.41. The number of hydrogen-bond donors (Lipinski definition) is 1. The molecule has 1 aliphatic rings. The van der Waals surface area contributed by atoms with E-state index >= 15 is 0 Å². The van der Waals surface area contributed by atoms with Gasteiger partial charge < -0.3 is 9.67 Å². The fourth-order valence-corrected chi connectivity index (χ4v) is 2.74. The van der Waals surface area contributed by atoms with Gasteiger partial charge in [0.1, 0.15) is 5.69 Å². The van der Waals surface area contributed by atoms with Crippen molar-refractivity contribution in [2.45, 2.75) is 18.9 Å². The normalized spacial score (nSPS) is 14.6. The smallest absolute Gasteiger partial charge is 0.352 e. The summed E-state index contributed by atoms with van der Waals surface area (Å²) >= 11 is 9.39. The van der Waals surface area contributed by atoms with E-state index in [4.69, 9.17) is 11.6 Å². The zero-order chi connectivity index (χ0) is 13.6. The molecule has 0 bridgehead atoms. The molecule has 0 spiro atoms. The Labute approximate surface area is 123 Å². The number of carboxylic acids is 1. The Kier molecular flexibility index (Phi) is 3.15. The minimum Gasteiger partial charge on any atom is -0.477 e. The summed E-state index contributed by atoms with van der Waals surface area (Å²) in [5, 5.41) is 9.90. The van der Waals surface area contributed by atoms with Crippen LogP contribution in [0.1, 0.15) is 29.4 Å². The highest BCUT2D eigenvalue weighted by atomic mass is 79.9. The molecule has 98 valence electrons. The van der Waals surface area contributed by atoms with Crippen LogP contribution in [0.4, 0.5) is 0 Å². The SMILES string of the molecule is O=C(O)c1ccc(-c2ccc(Cl)c(Br)c2)n1C1CC1. The van der Waals surface area contributed by atoms with Gasteiger partial charge in [0.15, 0.2) is 0 Å². The summed E-state index contributed by atoms with van der Waals surface area (Å²) in [6.45, 7) is 0. The van der Waals surface area contributed by atoms with Crippen LogP contribution in [0.15, 0.2) is 34.8 Å². The molecule has 0 unspecified atom stereocenters. The zero-order valence-corrected chi connectivity index (χ0v) is 12.3. The van der Waals surface area contributed by atoms with Crippen molar-refractivity contribution in [2.24, 2.45) is 0 Å². The van der Waals surface area contributed by atoms with Gasteiger partial charge in [-0.15, -0.1) is 0 Å². The molecule has 0 saturated heterocycles. The third kappa shape index (κ3) is 2.30. The van der Waals surface area contributed by atoms with Crippen molar-refractivity contribution in [3.05, 3.63) is 45.5 Å². The molecule has 1 aliphatic carbocycles. The molecule has 3 rings (SSSR count). The molecule has 2 aromatic rings. The lowest BCUT2D eigenvalue weighted by molar-refractivity contribution is 0.0685. The highest BCUT2D eigenvalue weighted by Gasteiger charge is 2.29. The minimum atomic E-state index is -0.883. The largest absolute Gasteiger partial charge is 0.477 e. The summed E-state index contributed by atoms with van der Waals surface area (Å²) in [7, 11) is 0. The van der Waals surface area contributed by atoms with Crippen molar-refractivity contribution < 1.29 is 9.90 Å².